The molecule has 3 aromatic carbocycles. The number of halogens is 1. The van der Waals surface area contributed by atoms with Crippen LogP contribution in [0.25, 0.3) is 33.0 Å². The van der Waals surface area contributed by atoms with E-state index in [1.165, 1.54) is 18.4 Å². The number of nitrogens with one attached hydrogen (secondary N) is 1. The van der Waals surface area contributed by atoms with Crippen molar-refractivity contribution in [2.24, 2.45) is 5.10 Å². The summed E-state index contributed by atoms with van der Waals surface area (Å²) >= 11 is 0. The molecule has 1 N–H and O–H groups in total. The summed E-state index contributed by atoms with van der Waals surface area (Å²) in [5.41, 5.74) is 4.09. The van der Waals surface area contributed by atoms with Crippen molar-refractivity contribution in [1.82, 2.24) is 15.2 Å². The van der Waals surface area contributed by atoms with Gasteiger partial charge in [-0.25, -0.2) is 14.5 Å². The molecule has 5 rings (SSSR count). The smallest absolute Gasteiger partial charge is 0.275 e. The third-order valence-corrected chi connectivity index (χ3v) is 5.64. The lowest BCUT2D eigenvalue weighted by molar-refractivity contribution is -0.121. The van der Waals surface area contributed by atoms with E-state index in [1.807, 2.05) is 43.3 Å². The van der Waals surface area contributed by atoms with E-state index < -0.39 is 29.3 Å². The quantitative estimate of drug-likeness (QED) is 0.303. The van der Waals surface area contributed by atoms with E-state index in [2.05, 4.69) is 15.6 Å². The number of carbonyl (C=O) groups is 1. The molecule has 5 aromatic rings. The first-order valence-electron chi connectivity index (χ1n) is 11.0. The molecule has 178 valence electrons. The van der Waals surface area contributed by atoms with E-state index in [1.54, 1.807) is 12.1 Å². The van der Waals surface area contributed by atoms with Crippen LogP contribution in [0.3, 0.4) is 0 Å². The van der Waals surface area contributed by atoms with Crippen molar-refractivity contribution < 1.29 is 13.6 Å². The molecule has 0 atom stereocenters. The Bertz CT molecular complexity index is 1770. The van der Waals surface area contributed by atoms with Crippen molar-refractivity contribution in [3.05, 3.63) is 111 Å². The van der Waals surface area contributed by atoms with Crippen LogP contribution >= 0.6 is 0 Å². The lowest BCUT2D eigenvalue weighted by Crippen LogP contribution is -2.32. The molecule has 0 aliphatic carbocycles. The number of hydrazone groups is 1. The number of aromatic nitrogens is 2. The van der Waals surface area contributed by atoms with Crippen LogP contribution in [0.15, 0.2) is 92.1 Å². The predicted molar refractivity (Wildman–Crippen MR) is 134 cm³/mol. The molecule has 8 nitrogen and oxygen atoms in total. The molecule has 0 fully saturated rings. The van der Waals surface area contributed by atoms with Gasteiger partial charge in [-0.3, -0.25) is 14.4 Å². The molecular formula is C27H19FN4O4. The van der Waals surface area contributed by atoms with E-state index in [0.717, 1.165) is 28.1 Å². The van der Waals surface area contributed by atoms with Gasteiger partial charge in [-0.15, -0.1) is 0 Å². The minimum atomic E-state index is -0.623. The monoisotopic (exact) mass is 482 g/mol. The number of nitrogens with zero attached hydrogens (tertiary/aromatic N) is 3. The summed E-state index contributed by atoms with van der Waals surface area (Å²) in [6.45, 7) is 1.58. The minimum absolute atomic E-state index is 0.0241. The average molecular weight is 482 g/mol. The van der Waals surface area contributed by atoms with Crippen LogP contribution in [0.1, 0.15) is 11.1 Å². The molecule has 0 saturated heterocycles. The highest BCUT2D eigenvalue weighted by atomic mass is 19.1. The number of rotatable bonds is 5. The van der Waals surface area contributed by atoms with Gasteiger partial charge in [0.1, 0.15) is 24.2 Å². The molecule has 0 spiro atoms. The normalized spacial score (nSPS) is 11.4. The van der Waals surface area contributed by atoms with Gasteiger partial charge in [0.15, 0.2) is 0 Å². The first-order chi connectivity index (χ1) is 17.4. The van der Waals surface area contributed by atoms with Gasteiger partial charge in [0.25, 0.3) is 11.5 Å². The van der Waals surface area contributed by atoms with Crippen LogP contribution in [0.4, 0.5) is 4.39 Å². The molecule has 36 heavy (non-hydrogen) atoms. The largest absolute Gasteiger partial charge is 0.463 e. The van der Waals surface area contributed by atoms with Crippen LogP contribution in [-0.4, -0.2) is 21.9 Å². The highest BCUT2D eigenvalue weighted by molar-refractivity contribution is 5.94. The van der Waals surface area contributed by atoms with Crippen LogP contribution in [0.5, 0.6) is 0 Å². The molecule has 0 radical (unpaired) electrons. The van der Waals surface area contributed by atoms with Crippen molar-refractivity contribution in [2.75, 3.05) is 0 Å². The van der Waals surface area contributed by atoms with E-state index in [0.29, 0.717) is 16.5 Å². The van der Waals surface area contributed by atoms with Gasteiger partial charge in [0.05, 0.1) is 28.2 Å². The highest BCUT2D eigenvalue weighted by Gasteiger charge is 2.14. The summed E-state index contributed by atoms with van der Waals surface area (Å²) < 4.78 is 19.9. The van der Waals surface area contributed by atoms with Crippen molar-refractivity contribution >= 4 is 33.9 Å². The second-order valence-electron chi connectivity index (χ2n) is 8.18. The second kappa shape index (κ2) is 9.38. The number of carbonyl (C=O) groups excluding carboxylic acids is 1. The summed E-state index contributed by atoms with van der Waals surface area (Å²) in [4.78, 5) is 38.1. The van der Waals surface area contributed by atoms with Crippen molar-refractivity contribution in [2.45, 2.75) is 13.5 Å². The number of amides is 1. The fraction of sp³-hybridized carbons (Fsp3) is 0.0741. The SMILES string of the molecule is Cc1ccc(-c2nn(CC(=O)N/N=C/c3coc4ccc(F)cc4c3=O)c(=O)c3ccccc23)cc1. The Morgan fingerprint density at radius 3 is 2.58 bits per heavy atom. The zero-order valence-corrected chi connectivity index (χ0v) is 19.1. The fourth-order valence-corrected chi connectivity index (χ4v) is 3.82. The number of benzene rings is 3. The van der Waals surface area contributed by atoms with Gasteiger partial charge >= 0.3 is 0 Å². The summed E-state index contributed by atoms with van der Waals surface area (Å²) in [5.74, 6) is -1.20. The van der Waals surface area contributed by atoms with Crippen molar-refractivity contribution in [3.63, 3.8) is 0 Å². The maximum atomic E-state index is 13.5. The zero-order valence-electron chi connectivity index (χ0n) is 19.1. The maximum absolute atomic E-state index is 13.5. The van der Waals surface area contributed by atoms with E-state index >= 15 is 0 Å². The Morgan fingerprint density at radius 1 is 1.06 bits per heavy atom. The number of fused-ring (bicyclic) bond motifs is 2. The molecule has 2 aromatic heterocycles. The Hall–Kier alpha value is -4.92. The molecule has 0 aliphatic rings. The van der Waals surface area contributed by atoms with Crippen LogP contribution in [-0.2, 0) is 11.3 Å². The van der Waals surface area contributed by atoms with E-state index in [-0.39, 0.29) is 16.5 Å². The summed E-state index contributed by atoms with van der Waals surface area (Å²) in [6.07, 6.45) is 2.27. The standard InChI is InChI=1S/C27H19FN4O4/c1-16-6-8-17(9-7-16)25-20-4-2-3-5-21(20)27(35)32(31-25)14-24(33)30-29-13-18-15-36-23-11-10-19(28)12-22(23)26(18)34/h2-13,15H,14H2,1H3,(H,30,33)/b29-13+. The van der Waals surface area contributed by atoms with Gasteiger partial charge in [-0.1, -0.05) is 48.0 Å². The van der Waals surface area contributed by atoms with Gasteiger partial charge < -0.3 is 4.42 Å². The number of hydrogen-bond donors (Lipinski definition) is 1. The van der Waals surface area contributed by atoms with Gasteiger partial charge in [-0.2, -0.15) is 10.2 Å². The zero-order chi connectivity index (χ0) is 25.2. The Labute approximate surface area is 203 Å². The van der Waals surface area contributed by atoms with Gasteiger partial charge in [0.2, 0.25) is 5.43 Å². The average Bonchev–Trinajstić information content (AvgIpc) is 2.88. The van der Waals surface area contributed by atoms with Gasteiger partial charge in [0, 0.05) is 10.9 Å². The highest BCUT2D eigenvalue weighted by Crippen LogP contribution is 2.24. The van der Waals surface area contributed by atoms with Crippen molar-refractivity contribution in [3.8, 4) is 11.3 Å². The molecule has 1 amide bonds. The summed E-state index contributed by atoms with van der Waals surface area (Å²) in [7, 11) is 0. The van der Waals surface area contributed by atoms with E-state index in [4.69, 9.17) is 4.42 Å². The van der Waals surface area contributed by atoms with Crippen molar-refractivity contribution in [1.29, 1.82) is 0 Å². The minimum Gasteiger partial charge on any atom is -0.463 e. The molecule has 0 aliphatic heterocycles. The van der Waals surface area contributed by atoms with E-state index in [9.17, 15) is 18.8 Å². The molecular weight excluding hydrogens is 463 g/mol. The van der Waals surface area contributed by atoms with Crippen LogP contribution < -0.4 is 16.4 Å². The summed E-state index contributed by atoms with van der Waals surface area (Å²) in [5, 5.41) is 9.41. The topological polar surface area (TPSA) is 107 Å². The molecule has 0 unspecified atom stereocenters. The predicted octanol–water partition coefficient (Wildman–Crippen LogP) is 3.77. The number of aryl methyl sites for hydroxylation is 1. The van der Waals surface area contributed by atoms with Crippen LogP contribution in [0, 0.1) is 12.7 Å². The lowest BCUT2D eigenvalue weighted by Gasteiger charge is -2.11. The Kier molecular flexibility index (Phi) is 5.95. The third kappa shape index (κ3) is 4.41. The molecule has 9 heteroatoms. The maximum Gasteiger partial charge on any atom is 0.275 e. The second-order valence-corrected chi connectivity index (χ2v) is 8.18. The molecule has 2 heterocycles. The first kappa shape index (κ1) is 22.9. The number of hydrogen-bond acceptors (Lipinski definition) is 6. The summed E-state index contributed by atoms with van der Waals surface area (Å²) in [6, 6.07) is 18.4. The molecule has 0 saturated carbocycles. The first-order valence-corrected chi connectivity index (χ1v) is 11.0. The molecule has 0 bridgehead atoms. The lowest BCUT2D eigenvalue weighted by atomic mass is 10.0. The van der Waals surface area contributed by atoms with Gasteiger partial charge in [-0.05, 0) is 31.2 Å². The Morgan fingerprint density at radius 2 is 1.81 bits per heavy atom. The van der Waals surface area contributed by atoms with Crippen LogP contribution in [0.2, 0.25) is 0 Å². The third-order valence-electron chi connectivity index (χ3n) is 5.64. The fourth-order valence-electron chi connectivity index (χ4n) is 3.82. The Balaban J connectivity index is 1.41.